The average molecular weight is 198 g/mol. The van der Waals surface area contributed by atoms with Crippen LogP contribution >= 0.6 is 0 Å². The Morgan fingerprint density at radius 3 is 2.64 bits per heavy atom. The highest BCUT2D eigenvalue weighted by molar-refractivity contribution is 5.59. The van der Waals surface area contributed by atoms with Gasteiger partial charge in [0.2, 0.25) is 0 Å². The Labute approximate surface area is 81.1 Å². The minimum Gasteiger partial charge on any atom is -0.399 e. The second-order valence-corrected chi connectivity index (χ2v) is 3.57. The molecule has 0 aliphatic heterocycles. The summed E-state index contributed by atoms with van der Waals surface area (Å²) in [6, 6.07) is 4.96. The number of hydrogen-bond acceptors (Lipinski definition) is 2. The van der Waals surface area contributed by atoms with Crippen LogP contribution < -0.4 is 11.1 Å². The molecule has 2 nitrogen and oxygen atoms in total. The van der Waals surface area contributed by atoms with Crippen LogP contribution in [0.3, 0.4) is 0 Å². The zero-order valence-corrected chi connectivity index (χ0v) is 7.63. The van der Waals surface area contributed by atoms with Gasteiger partial charge in [0.05, 0.1) is 0 Å². The van der Waals surface area contributed by atoms with E-state index in [2.05, 4.69) is 5.32 Å². The molecule has 1 aliphatic carbocycles. The lowest BCUT2D eigenvalue weighted by Gasteiger charge is -2.11. The quantitative estimate of drug-likeness (QED) is 0.733. The van der Waals surface area contributed by atoms with Crippen LogP contribution in [0, 0.1) is 0 Å². The monoisotopic (exact) mass is 198 g/mol. The maximum Gasteiger partial charge on any atom is 0.265 e. The molecule has 0 heterocycles. The first kappa shape index (κ1) is 9.24. The molecule has 1 aromatic carbocycles. The van der Waals surface area contributed by atoms with Gasteiger partial charge in [-0.3, -0.25) is 0 Å². The zero-order chi connectivity index (χ0) is 10.1. The summed E-state index contributed by atoms with van der Waals surface area (Å²) in [6.07, 6.45) is -0.347. The van der Waals surface area contributed by atoms with E-state index >= 15 is 0 Å². The SMILES string of the molecule is Nc1ccc(NC2CC2)c(C(F)F)c1. The highest BCUT2D eigenvalue weighted by Crippen LogP contribution is 2.32. The van der Waals surface area contributed by atoms with Crippen LogP contribution in [-0.4, -0.2) is 6.04 Å². The van der Waals surface area contributed by atoms with E-state index in [0.29, 0.717) is 17.4 Å². The second kappa shape index (κ2) is 3.44. The molecule has 1 saturated carbocycles. The molecule has 0 bridgehead atoms. The van der Waals surface area contributed by atoms with E-state index in [0.717, 1.165) is 12.8 Å². The predicted molar refractivity (Wildman–Crippen MR) is 52.5 cm³/mol. The smallest absolute Gasteiger partial charge is 0.265 e. The van der Waals surface area contributed by atoms with Gasteiger partial charge in [0, 0.05) is 23.0 Å². The molecular formula is C10H12F2N2. The molecule has 0 aromatic heterocycles. The predicted octanol–water partition coefficient (Wildman–Crippen LogP) is 2.78. The van der Waals surface area contributed by atoms with Gasteiger partial charge in [0.25, 0.3) is 6.43 Å². The van der Waals surface area contributed by atoms with Crippen LogP contribution in [0.2, 0.25) is 0 Å². The third kappa shape index (κ3) is 1.95. The van der Waals surface area contributed by atoms with Crippen molar-refractivity contribution in [3.63, 3.8) is 0 Å². The fourth-order valence-corrected chi connectivity index (χ4v) is 1.34. The van der Waals surface area contributed by atoms with Crippen LogP contribution in [0.4, 0.5) is 20.2 Å². The van der Waals surface area contributed by atoms with Crippen molar-refractivity contribution < 1.29 is 8.78 Å². The number of hydrogen-bond donors (Lipinski definition) is 2. The van der Waals surface area contributed by atoms with E-state index in [-0.39, 0.29) is 5.56 Å². The molecule has 0 radical (unpaired) electrons. The highest BCUT2D eigenvalue weighted by Gasteiger charge is 2.23. The lowest BCUT2D eigenvalue weighted by Crippen LogP contribution is -2.04. The van der Waals surface area contributed by atoms with Crippen molar-refractivity contribution in [1.82, 2.24) is 0 Å². The van der Waals surface area contributed by atoms with Crippen molar-refractivity contribution in [2.75, 3.05) is 11.1 Å². The number of nitrogens with one attached hydrogen (secondary N) is 1. The van der Waals surface area contributed by atoms with E-state index in [1.165, 1.54) is 6.07 Å². The number of halogens is 2. The molecule has 0 saturated heterocycles. The summed E-state index contributed by atoms with van der Waals surface area (Å²) < 4.78 is 25.2. The number of nitrogen functional groups attached to an aromatic ring is 1. The summed E-state index contributed by atoms with van der Waals surface area (Å²) in [5.41, 5.74) is 6.34. The summed E-state index contributed by atoms with van der Waals surface area (Å²) >= 11 is 0. The molecule has 3 N–H and O–H groups in total. The molecule has 76 valence electrons. The van der Waals surface area contributed by atoms with Gasteiger partial charge < -0.3 is 11.1 Å². The van der Waals surface area contributed by atoms with Crippen LogP contribution in [-0.2, 0) is 0 Å². The Bertz CT molecular complexity index is 335. The first-order chi connectivity index (χ1) is 6.66. The minimum atomic E-state index is -2.47. The summed E-state index contributed by atoms with van der Waals surface area (Å²) in [6.45, 7) is 0. The Morgan fingerprint density at radius 2 is 2.07 bits per heavy atom. The van der Waals surface area contributed by atoms with E-state index in [9.17, 15) is 8.78 Å². The molecule has 14 heavy (non-hydrogen) atoms. The van der Waals surface area contributed by atoms with E-state index in [4.69, 9.17) is 5.73 Å². The van der Waals surface area contributed by atoms with Gasteiger partial charge in [-0.15, -0.1) is 0 Å². The van der Waals surface area contributed by atoms with Gasteiger partial charge in [-0.05, 0) is 31.0 Å². The topological polar surface area (TPSA) is 38.0 Å². The summed E-state index contributed by atoms with van der Waals surface area (Å²) in [7, 11) is 0. The third-order valence-corrected chi connectivity index (χ3v) is 2.25. The Kier molecular flexibility index (Phi) is 2.27. The summed E-state index contributed by atoms with van der Waals surface area (Å²) in [5.74, 6) is 0. The molecule has 1 aromatic rings. The van der Waals surface area contributed by atoms with Crippen molar-refractivity contribution in [2.24, 2.45) is 0 Å². The number of nitrogens with two attached hydrogens (primary N) is 1. The largest absolute Gasteiger partial charge is 0.399 e. The molecular weight excluding hydrogens is 186 g/mol. The van der Waals surface area contributed by atoms with Crippen LogP contribution in [0.1, 0.15) is 24.8 Å². The molecule has 4 heteroatoms. The molecule has 0 spiro atoms. The first-order valence-electron chi connectivity index (χ1n) is 4.61. The Balaban J connectivity index is 2.26. The lowest BCUT2D eigenvalue weighted by molar-refractivity contribution is 0.152. The molecule has 0 amide bonds. The maximum absolute atomic E-state index is 12.6. The van der Waals surface area contributed by atoms with Crippen LogP contribution in [0.5, 0.6) is 0 Å². The normalized spacial score (nSPS) is 15.9. The van der Waals surface area contributed by atoms with Gasteiger partial charge in [-0.25, -0.2) is 8.78 Å². The number of benzene rings is 1. The highest BCUT2D eigenvalue weighted by atomic mass is 19.3. The zero-order valence-electron chi connectivity index (χ0n) is 7.63. The summed E-state index contributed by atoms with van der Waals surface area (Å²) in [4.78, 5) is 0. The molecule has 1 fully saturated rings. The molecule has 1 aliphatic rings. The van der Waals surface area contributed by atoms with Crippen molar-refractivity contribution >= 4 is 11.4 Å². The van der Waals surface area contributed by atoms with Gasteiger partial charge in [0.1, 0.15) is 0 Å². The number of rotatable bonds is 3. The summed E-state index contributed by atoms with van der Waals surface area (Å²) in [5, 5.41) is 3.06. The van der Waals surface area contributed by atoms with Crippen LogP contribution in [0.15, 0.2) is 18.2 Å². The van der Waals surface area contributed by atoms with E-state index < -0.39 is 6.43 Å². The number of anilines is 2. The van der Waals surface area contributed by atoms with Crippen molar-refractivity contribution in [1.29, 1.82) is 0 Å². The van der Waals surface area contributed by atoms with Crippen molar-refractivity contribution in [2.45, 2.75) is 25.3 Å². The minimum absolute atomic E-state index is 0.00287. The van der Waals surface area contributed by atoms with Crippen LogP contribution in [0.25, 0.3) is 0 Å². The Hall–Kier alpha value is -1.32. The van der Waals surface area contributed by atoms with Crippen molar-refractivity contribution in [3.8, 4) is 0 Å². The fraction of sp³-hybridized carbons (Fsp3) is 0.400. The van der Waals surface area contributed by atoms with Gasteiger partial charge in [0.15, 0.2) is 0 Å². The number of alkyl halides is 2. The first-order valence-corrected chi connectivity index (χ1v) is 4.61. The van der Waals surface area contributed by atoms with Crippen molar-refractivity contribution in [3.05, 3.63) is 23.8 Å². The lowest BCUT2D eigenvalue weighted by atomic mass is 10.1. The van der Waals surface area contributed by atoms with Gasteiger partial charge in [-0.1, -0.05) is 0 Å². The second-order valence-electron chi connectivity index (χ2n) is 3.57. The molecule has 0 atom stereocenters. The maximum atomic E-state index is 12.6. The molecule has 2 rings (SSSR count). The standard InChI is InChI=1S/C10H12F2N2/c11-10(12)8-5-6(13)1-4-9(8)14-7-2-3-7/h1,4-5,7,10,14H,2-3,13H2. The molecule has 0 unspecified atom stereocenters. The average Bonchev–Trinajstić information content (AvgIpc) is 2.91. The third-order valence-electron chi connectivity index (χ3n) is 2.25. The van der Waals surface area contributed by atoms with Gasteiger partial charge >= 0.3 is 0 Å². The van der Waals surface area contributed by atoms with Gasteiger partial charge in [-0.2, -0.15) is 0 Å². The van der Waals surface area contributed by atoms with E-state index in [1.54, 1.807) is 12.1 Å². The Morgan fingerprint density at radius 1 is 1.36 bits per heavy atom. The van der Waals surface area contributed by atoms with E-state index in [1.807, 2.05) is 0 Å². The fourth-order valence-electron chi connectivity index (χ4n) is 1.34.